The zero-order valence-electron chi connectivity index (χ0n) is 11.0. The van der Waals surface area contributed by atoms with Crippen molar-refractivity contribution in [2.45, 2.75) is 6.54 Å². The Balaban J connectivity index is 1.86. The minimum atomic E-state index is -1.21. The fourth-order valence-electron chi connectivity index (χ4n) is 2.25. The fraction of sp³-hybridized carbons (Fsp3) is 0.0667. The molecule has 2 aromatic heterocycles. The summed E-state index contributed by atoms with van der Waals surface area (Å²) in [6, 6.07) is 8.08. The topological polar surface area (TPSA) is 79.5 Å². The molecule has 3 rings (SSSR count). The predicted molar refractivity (Wildman–Crippen MR) is 82.0 cm³/mol. The third kappa shape index (κ3) is 2.38. The zero-order valence-corrected chi connectivity index (χ0v) is 12.5. The maximum absolute atomic E-state index is 12.3. The van der Waals surface area contributed by atoms with Gasteiger partial charge in [0.05, 0.1) is 0 Å². The SMILES string of the molecule is O=C(O)c1c(C(=O)NCc2c(Cl)cccc2Cl)c2ccc1o2. The monoisotopic (exact) mass is 337 g/mol. The number of fused-ring (bicyclic) bond motifs is 2. The first-order chi connectivity index (χ1) is 10.5. The smallest absolute Gasteiger partial charge is 0.340 e. The van der Waals surface area contributed by atoms with Crippen LogP contribution in [0.2, 0.25) is 10.0 Å². The van der Waals surface area contributed by atoms with Gasteiger partial charge in [-0.05, 0) is 24.3 Å². The van der Waals surface area contributed by atoms with Crippen LogP contribution in [-0.2, 0) is 6.54 Å². The molecular formula is C15H9Cl2NO4. The first-order valence-electron chi connectivity index (χ1n) is 6.28. The van der Waals surface area contributed by atoms with Gasteiger partial charge in [0.1, 0.15) is 22.3 Å². The number of halogens is 2. The Morgan fingerprint density at radius 2 is 1.64 bits per heavy atom. The standard InChI is InChI=1S/C15H9Cl2NO4/c16-8-2-1-3-9(17)7(8)6-18-14(19)12-10-4-5-11(22-10)13(12)15(20)21/h1-5H,6H2,(H,18,19)(H,20,21). The maximum Gasteiger partial charge on any atom is 0.340 e. The first-order valence-corrected chi connectivity index (χ1v) is 7.04. The fourth-order valence-corrected chi connectivity index (χ4v) is 2.78. The second-order valence-corrected chi connectivity index (χ2v) is 5.42. The summed E-state index contributed by atoms with van der Waals surface area (Å²) in [6.07, 6.45) is 0. The molecule has 2 heterocycles. The van der Waals surface area contributed by atoms with Crippen molar-refractivity contribution in [3.63, 3.8) is 0 Å². The molecular weight excluding hydrogens is 329 g/mol. The van der Waals surface area contributed by atoms with Crippen molar-refractivity contribution in [3.05, 3.63) is 57.1 Å². The molecule has 0 spiro atoms. The van der Waals surface area contributed by atoms with E-state index in [1.807, 2.05) is 0 Å². The van der Waals surface area contributed by atoms with Crippen molar-refractivity contribution >= 4 is 46.2 Å². The lowest BCUT2D eigenvalue weighted by molar-refractivity contribution is 0.0693. The van der Waals surface area contributed by atoms with E-state index in [0.29, 0.717) is 15.6 Å². The van der Waals surface area contributed by atoms with Gasteiger partial charge in [0.2, 0.25) is 0 Å². The van der Waals surface area contributed by atoms with Crippen molar-refractivity contribution < 1.29 is 19.1 Å². The van der Waals surface area contributed by atoms with E-state index in [1.165, 1.54) is 6.07 Å². The summed E-state index contributed by atoms with van der Waals surface area (Å²) < 4.78 is 5.23. The number of carboxylic acid groups (broad SMARTS) is 1. The van der Waals surface area contributed by atoms with Crippen LogP contribution in [-0.4, -0.2) is 17.0 Å². The van der Waals surface area contributed by atoms with Gasteiger partial charge in [-0.1, -0.05) is 29.3 Å². The van der Waals surface area contributed by atoms with Crippen molar-refractivity contribution in [1.29, 1.82) is 0 Å². The second-order valence-electron chi connectivity index (χ2n) is 4.60. The minimum Gasteiger partial charge on any atom is -0.478 e. The molecule has 1 amide bonds. The number of hydrogen-bond acceptors (Lipinski definition) is 3. The molecule has 0 aliphatic heterocycles. The molecule has 0 fully saturated rings. The van der Waals surface area contributed by atoms with Crippen LogP contribution in [0.5, 0.6) is 0 Å². The van der Waals surface area contributed by atoms with E-state index in [0.717, 1.165) is 0 Å². The van der Waals surface area contributed by atoms with E-state index in [9.17, 15) is 14.7 Å². The number of nitrogens with one attached hydrogen (secondary N) is 1. The average molecular weight is 338 g/mol. The van der Waals surface area contributed by atoms with E-state index >= 15 is 0 Å². The summed E-state index contributed by atoms with van der Waals surface area (Å²) in [7, 11) is 0. The molecule has 22 heavy (non-hydrogen) atoms. The molecule has 0 unspecified atom stereocenters. The van der Waals surface area contributed by atoms with Crippen LogP contribution in [0.3, 0.4) is 0 Å². The molecule has 0 atom stereocenters. The molecule has 3 aromatic rings. The van der Waals surface area contributed by atoms with Crippen LogP contribution in [0.1, 0.15) is 26.3 Å². The normalized spacial score (nSPS) is 11.0. The lowest BCUT2D eigenvalue weighted by atomic mass is 10.1. The Morgan fingerprint density at radius 3 is 2.23 bits per heavy atom. The molecule has 2 bridgehead atoms. The highest BCUT2D eigenvalue weighted by Gasteiger charge is 2.27. The second kappa shape index (κ2) is 5.51. The predicted octanol–water partition coefficient (Wildman–Crippen LogP) is 3.81. The Morgan fingerprint density at radius 1 is 1.05 bits per heavy atom. The van der Waals surface area contributed by atoms with Crippen molar-refractivity contribution in [2.24, 2.45) is 0 Å². The molecule has 2 N–H and O–H groups in total. The number of carbonyl (C=O) groups is 2. The van der Waals surface area contributed by atoms with E-state index in [2.05, 4.69) is 5.32 Å². The Bertz CT molecular complexity index is 851. The Labute approximate surface area is 134 Å². The zero-order chi connectivity index (χ0) is 15.9. The number of furan rings is 2. The highest BCUT2D eigenvalue weighted by Crippen LogP contribution is 2.29. The lowest BCUT2D eigenvalue weighted by Gasteiger charge is -2.09. The number of hydrogen-bond donors (Lipinski definition) is 2. The quantitative estimate of drug-likeness (QED) is 0.758. The van der Waals surface area contributed by atoms with Crippen LogP contribution in [0.15, 0.2) is 34.7 Å². The van der Waals surface area contributed by atoms with Crippen molar-refractivity contribution in [2.75, 3.05) is 0 Å². The lowest BCUT2D eigenvalue weighted by Crippen LogP contribution is -2.24. The molecule has 1 aromatic carbocycles. The molecule has 7 heteroatoms. The summed E-state index contributed by atoms with van der Waals surface area (Å²) in [5.41, 5.74) is 0.834. The first kappa shape index (κ1) is 14.7. The summed E-state index contributed by atoms with van der Waals surface area (Å²) in [5, 5.41) is 12.7. The summed E-state index contributed by atoms with van der Waals surface area (Å²) in [4.78, 5) is 23.5. The van der Waals surface area contributed by atoms with Gasteiger partial charge in [-0.2, -0.15) is 0 Å². The number of carbonyl (C=O) groups excluding carboxylic acids is 1. The molecule has 0 saturated heterocycles. The molecule has 5 nitrogen and oxygen atoms in total. The van der Waals surface area contributed by atoms with Crippen molar-refractivity contribution in [3.8, 4) is 0 Å². The van der Waals surface area contributed by atoms with Gasteiger partial charge in [0, 0.05) is 22.2 Å². The third-order valence-electron chi connectivity index (χ3n) is 3.28. The summed E-state index contributed by atoms with van der Waals surface area (Å²) >= 11 is 12.1. The molecule has 0 aliphatic carbocycles. The molecule has 0 radical (unpaired) electrons. The van der Waals surface area contributed by atoms with Crippen LogP contribution in [0, 0.1) is 0 Å². The minimum absolute atomic E-state index is 0.00757. The van der Waals surface area contributed by atoms with Gasteiger partial charge in [-0.15, -0.1) is 0 Å². The van der Waals surface area contributed by atoms with Gasteiger partial charge in [0.15, 0.2) is 0 Å². The van der Waals surface area contributed by atoms with E-state index in [-0.39, 0.29) is 28.8 Å². The van der Waals surface area contributed by atoms with E-state index in [1.54, 1.807) is 24.3 Å². The Hall–Kier alpha value is -2.24. The number of amides is 1. The van der Waals surface area contributed by atoms with Gasteiger partial charge < -0.3 is 14.8 Å². The van der Waals surface area contributed by atoms with Crippen LogP contribution in [0.4, 0.5) is 0 Å². The number of rotatable bonds is 4. The maximum atomic E-state index is 12.3. The van der Waals surface area contributed by atoms with Gasteiger partial charge >= 0.3 is 5.97 Å². The molecule has 0 aliphatic rings. The van der Waals surface area contributed by atoms with Crippen LogP contribution >= 0.6 is 23.2 Å². The van der Waals surface area contributed by atoms with Gasteiger partial charge in [-0.25, -0.2) is 4.79 Å². The van der Waals surface area contributed by atoms with Crippen LogP contribution in [0.25, 0.3) is 11.2 Å². The van der Waals surface area contributed by atoms with E-state index < -0.39 is 11.9 Å². The van der Waals surface area contributed by atoms with E-state index in [4.69, 9.17) is 27.6 Å². The van der Waals surface area contributed by atoms with Gasteiger partial charge in [-0.3, -0.25) is 4.79 Å². The highest BCUT2D eigenvalue weighted by molar-refractivity contribution is 6.36. The van der Waals surface area contributed by atoms with Crippen LogP contribution < -0.4 is 5.32 Å². The number of carboxylic acids is 1. The highest BCUT2D eigenvalue weighted by atomic mass is 35.5. The van der Waals surface area contributed by atoms with Crippen molar-refractivity contribution in [1.82, 2.24) is 5.32 Å². The summed E-state index contributed by atoms with van der Waals surface area (Å²) in [6.45, 7) is 0.0834. The third-order valence-corrected chi connectivity index (χ3v) is 3.99. The summed E-state index contributed by atoms with van der Waals surface area (Å²) in [5.74, 6) is -1.77. The average Bonchev–Trinajstić information content (AvgIpc) is 3.06. The molecule has 0 saturated carbocycles. The molecule has 112 valence electrons. The Kier molecular flexibility index (Phi) is 3.68. The largest absolute Gasteiger partial charge is 0.478 e. The number of aromatic carboxylic acids is 1. The van der Waals surface area contributed by atoms with Gasteiger partial charge in [0.25, 0.3) is 5.91 Å². The number of benzene rings is 2.